The highest BCUT2D eigenvalue weighted by Gasteiger charge is 2.30. The van der Waals surface area contributed by atoms with Crippen molar-refractivity contribution in [3.8, 4) is 0 Å². The van der Waals surface area contributed by atoms with Gasteiger partial charge in [0.1, 0.15) is 4.88 Å². The molecule has 1 aliphatic heterocycles. The molecule has 2 heterocycles. The molecule has 0 spiro atoms. The number of carbonyl (C=O) groups is 1. The maximum atomic E-state index is 13.2. The number of hydrogen-bond acceptors (Lipinski definition) is 4. The summed E-state index contributed by atoms with van der Waals surface area (Å²) in [6, 6.07) is 8.97. The second-order valence-corrected chi connectivity index (χ2v) is 8.45. The van der Waals surface area contributed by atoms with Crippen molar-refractivity contribution in [2.45, 2.75) is 52.1 Å². The van der Waals surface area contributed by atoms with Gasteiger partial charge in [0.05, 0.1) is 16.7 Å². The van der Waals surface area contributed by atoms with E-state index in [0.29, 0.717) is 0 Å². The fourth-order valence-electron chi connectivity index (χ4n) is 3.66. The standard InChI is InChI=1S/C21H29N3OS/c1-5-19-22-15(2)20(26-19)21(25)24-13-7-6-8-18(24)17-11-9-16(10-12-17)14-23(3)4/h9-12,18H,5-8,13-14H2,1-4H3/t18-/m1/s1. The molecule has 1 saturated heterocycles. The molecule has 1 aromatic carbocycles. The summed E-state index contributed by atoms with van der Waals surface area (Å²) in [7, 11) is 4.16. The van der Waals surface area contributed by atoms with Crippen molar-refractivity contribution in [2.24, 2.45) is 0 Å². The van der Waals surface area contributed by atoms with Crippen molar-refractivity contribution in [3.63, 3.8) is 0 Å². The van der Waals surface area contributed by atoms with Crippen LogP contribution in [0.15, 0.2) is 24.3 Å². The lowest BCUT2D eigenvalue weighted by Crippen LogP contribution is -2.38. The number of carbonyl (C=O) groups excluding carboxylic acids is 1. The van der Waals surface area contributed by atoms with Crippen molar-refractivity contribution >= 4 is 17.2 Å². The molecule has 1 atom stereocenters. The smallest absolute Gasteiger partial charge is 0.266 e. The first-order valence-electron chi connectivity index (χ1n) is 9.50. The molecule has 0 N–H and O–H groups in total. The average molecular weight is 372 g/mol. The van der Waals surface area contributed by atoms with E-state index in [9.17, 15) is 4.79 Å². The molecule has 0 aliphatic carbocycles. The van der Waals surface area contributed by atoms with Gasteiger partial charge in [-0.15, -0.1) is 11.3 Å². The number of benzene rings is 1. The Morgan fingerprint density at radius 1 is 1.27 bits per heavy atom. The molecule has 140 valence electrons. The summed E-state index contributed by atoms with van der Waals surface area (Å²) in [5.74, 6) is 0.154. The number of piperidine rings is 1. The number of aromatic nitrogens is 1. The molecule has 1 amide bonds. The van der Waals surface area contributed by atoms with Gasteiger partial charge in [0.25, 0.3) is 5.91 Å². The van der Waals surface area contributed by atoms with Crippen molar-refractivity contribution in [2.75, 3.05) is 20.6 Å². The topological polar surface area (TPSA) is 36.4 Å². The van der Waals surface area contributed by atoms with Crippen LogP contribution in [0.1, 0.15) is 63.7 Å². The maximum Gasteiger partial charge on any atom is 0.266 e. The number of hydrogen-bond donors (Lipinski definition) is 0. The normalized spacial score (nSPS) is 17.7. The highest BCUT2D eigenvalue weighted by Crippen LogP contribution is 2.34. The fraction of sp³-hybridized carbons (Fsp3) is 0.524. The summed E-state index contributed by atoms with van der Waals surface area (Å²) in [6.07, 6.45) is 4.18. The number of likely N-dealkylation sites (tertiary alicyclic amines) is 1. The van der Waals surface area contributed by atoms with Crippen LogP contribution in [0.25, 0.3) is 0 Å². The zero-order valence-corrected chi connectivity index (χ0v) is 17.1. The van der Waals surface area contributed by atoms with Crippen LogP contribution in [-0.2, 0) is 13.0 Å². The Bertz CT molecular complexity index is 751. The summed E-state index contributed by atoms with van der Waals surface area (Å²) >= 11 is 1.56. The van der Waals surface area contributed by atoms with Gasteiger partial charge in [0.2, 0.25) is 0 Å². The number of thiazole rings is 1. The summed E-state index contributed by atoms with van der Waals surface area (Å²) < 4.78 is 0. The van der Waals surface area contributed by atoms with Crippen LogP contribution >= 0.6 is 11.3 Å². The summed E-state index contributed by atoms with van der Waals surface area (Å²) in [5, 5.41) is 1.05. The third-order valence-corrected chi connectivity index (χ3v) is 6.25. The van der Waals surface area contributed by atoms with Crippen LogP contribution in [0.4, 0.5) is 0 Å². The molecule has 26 heavy (non-hydrogen) atoms. The Balaban J connectivity index is 1.83. The van der Waals surface area contributed by atoms with Crippen LogP contribution in [0, 0.1) is 6.92 Å². The Hall–Kier alpha value is -1.72. The van der Waals surface area contributed by atoms with Crippen molar-refractivity contribution in [1.29, 1.82) is 0 Å². The molecule has 1 aliphatic rings. The second kappa shape index (κ2) is 8.31. The summed E-state index contributed by atoms with van der Waals surface area (Å²) in [4.78, 5) is 22.8. The van der Waals surface area contributed by atoms with Crippen molar-refractivity contribution < 1.29 is 4.79 Å². The van der Waals surface area contributed by atoms with Crippen LogP contribution in [0.2, 0.25) is 0 Å². The van der Waals surface area contributed by atoms with Gasteiger partial charge >= 0.3 is 0 Å². The van der Waals surface area contributed by atoms with Gasteiger partial charge in [-0.05, 0) is 57.8 Å². The van der Waals surface area contributed by atoms with E-state index in [1.165, 1.54) is 17.5 Å². The molecule has 5 heteroatoms. The lowest BCUT2D eigenvalue weighted by Gasteiger charge is -2.36. The first kappa shape index (κ1) is 19.1. The molecule has 0 unspecified atom stereocenters. The van der Waals surface area contributed by atoms with Gasteiger partial charge in [-0.1, -0.05) is 31.2 Å². The lowest BCUT2D eigenvalue weighted by atomic mass is 9.94. The van der Waals surface area contributed by atoms with Gasteiger partial charge in [-0.2, -0.15) is 0 Å². The molecule has 0 radical (unpaired) electrons. The van der Waals surface area contributed by atoms with Gasteiger partial charge in [0, 0.05) is 13.1 Å². The molecular weight excluding hydrogens is 342 g/mol. The van der Waals surface area contributed by atoms with Crippen molar-refractivity contribution in [1.82, 2.24) is 14.8 Å². The first-order chi connectivity index (χ1) is 12.5. The van der Waals surface area contributed by atoms with Gasteiger partial charge in [0.15, 0.2) is 0 Å². The van der Waals surface area contributed by atoms with E-state index in [4.69, 9.17) is 0 Å². The molecule has 0 bridgehead atoms. The monoisotopic (exact) mass is 371 g/mol. The average Bonchev–Trinajstić information content (AvgIpc) is 3.02. The Kier molecular flexibility index (Phi) is 6.09. The minimum Gasteiger partial charge on any atom is -0.331 e. The molecule has 3 rings (SSSR count). The predicted octanol–water partition coefficient (Wildman–Crippen LogP) is 4.44. The predicted molar refractivity (Wildman–Crippen MR) is 108 cm³/mol. The Labute approximate surface area is 160 Å². The zero-order chi connectivity index (χ0) is 18.7. The molecular formula is C21H29N3OS. The quantitative estimate of drug-likeness (QED) is 0.779. The minimum absolute atomic E-state index is 0.154. The van der Waals surface area contributed by atoms with E-state index in [0.717, 1.165) is 47.9 Å². The van der Waals surface area contributed by atoms with E-state index in [-0.39, 0.29) is 11.9 Å². The van der Waals surface area contributed by atoms with E-state index >= 15 is 0 Å². The molecule has 4 nitrogen and oxygen atoms in total. The fourth-order valence-corrected chi connectivity index (χ4v) is 4.62. The molecule has 1 aromatic heterocycles. The second-order valence-electron chi connectivity index (χ2n) is 7.37. The third kappa shape index (κ3) is 4.15. The molecule has 1 fully saturated rings. The maximum absolute atomic E-state index is 13.2. The van der Waals surface area contributed by atoms with E-state index < -0.39 is 0 Å². The molecule has 2 aromatic rings. The Morgan fingerprint density at radius 2 is 2.00 bits per heavy atom. The highest BCUT2D eigenvalue weighted by molar-refractivity contribution is 7.13. The van der Waals surface area contributed by atoms with Gasteiger partial charge in [-0.25, -0.2) is 4.98 Å². The minimum atomic E-state index is 0.154. The SMILES string of the molecule is CCc1nc(C)c(C(=O)N2CCCC[C@@H]2c2ccc(CN(C)C)cc2)s1. The van der Waals surface area contributed by atoms with Gasteiger partial charge < -0.3 is 9.80 Å². The lowest BCUT2D eigenvalue weighted by molar-refractivity contribution is 0.0615. The zero-order valence-electron chi connectivity index (χ0n) is 16.3. The Morgan fingerprint density at radius 3 is 2.62 bits per heavy atom. The third-order valence-electron chi connectivity index (χ3n) is 4.96. The molecule has 0 saturated carbocycles. The summed E-state index contributed by atoms with van der Waals surface area (Å²) in [5.41, 5.74) is 3.43. The first-order valence-corrected chi connectivity index (χ1v) is 10.3. The van der Waals surface area contributed by atoms with E-state index in [1.54, 1.807) is 11.3 Å². The van der Waals surface area contributed by atoms with E-state index in [1.807, 2.05) is 6.92 Å². The largest absolute Gasteiger partial charge is 0.331 e. The van der Waals surface area contributed by atoms with E-state index in [2.05, 4.69) is 60.1 Å². The highest BCUT2D eigenvalue weighted by atomic mass is 32.1. The number of rotatable bonds is 5. The van der Waals surface area contributed by atoms with Crippen molar-refractivity contribution in [3.05, 3.63) is 51.0 Å². The van der Waals surface area contributed by atoms with Gasteiger partial charge in [-0.3, -0.25) is 4.79 Å². The number of nitrogens with zero attached hydrogens (tertiary/aromatic N) is 3. The summed E-state index contributed by atoms with van der Waals surface area (Å²) in [6.45, 7) is 5.82. The van der Waals surface area contributed by atoms with Crippen LogP contribution < -0.4 is 0 Å². The number of aryl methyl sites for hydroxylation is 2. The van der Waals surface area contributed by atoms with Crippen LogP contribution in [0.3, 0.4) is 0 Å². The van der Waals surface area contributed by atoms with Crippen LogP contribution in [-0.4, -0.2) is 41.3 Å². The number of amides is 1. The van der Waals surface area contributed by atoms with Crippen LogP contribution in [0.5, 0.6) is 0 Å².